The lowest BCUT2D eigenvalue weighted by Gasteiger charge is -2.45. The molecule has 1 aromatic rings. The minimum Gasteiger partial charge on any atom is -0.326 e. The number of hydrogen-bond donors (Lipinski definition) is 1. The molecule has 4 heteroatoms. The first-order chi connectivity index (χ1) is 10.0. The molecular formula is C17H32N4. The lowest BCUT2D eigenvalue weighted by molar-refractivity contribution is 0.0764. The monoisotopic (exact) mass is 292 g/mol. The summed E-state index contributed by atoms with van der Waals surface area (Å²) >= 11 is 0. The van der Waals surface area contributed by atoms with Gasteiger partial charge in [0.1, 0.15) is 0 Å². The summed E-state index contributed by atoms with van der Waals surface area (Å²) in [6.45, 7) is 11.3. The summed E-state index contributed by atoms with van der Waals surface area (Å²) in [5.41, 5.74) is 7.94. The van der Waals surface area contributed by atoms with Gasteiger partial charge in [0.2, 0.25) is 0 Å². The van der Waals surface area contributed by atoms with Crippen LogP contribution in [0.25, 0.3) is 0 Å². The van der Waals surface area contributed by atoms with Gasteiger partial charge in [0.25, 0.3) is 0 Å². The Balaban J connectivity index is 2.12. The van der Waals surface area contributed by atoms with Crippen LogP contribution >= 0.6 is 0 Å². The lowest BCUT2D eigenvalue weighted by Crippen LogP contribution is -2.59. The predicted octanol–water partition coefficient (Wildman–Crippen LogP) is 2.99. The first-order valence-electron chi connectivity index (χ1n) is 8.58. The molecule has 0 aromatic carbocycles. The Hall–Kier alpha value is -0.870. The summed E-state index contributed by atoms with van der Waals surface area (Å²) in [5, 5.41) is 4.68. The van der Waals surface area contributed by atoms with Crippen molar-refractivity contribution in [1.82, 2.24) is 14.7 Å². The second kappa shape index (κ2) is 6.93. The summed E-state index contributed by atoms with van der Waals surface area (Å²) in [7, 11) is 0. The van der Waals surface area contributed by atoms with Crippen LogP contribution in [0.4, 0.5) is 0 Å². The van der Waals surface area contributed by atoms with E-state index in [2.05, 4.69) is 50.0 Å². The van der Waals surface area contributed by atoms with Crippen LogP contribution in [0.2, 0.25) is 0 Å². The first-order valence-corrected chi connectivity index (χ1v) is 8.58. The van der Waals surface area contributed by atoms with E-state index in [-0.39, 0.29) is 11.6 Å². The molecule has 4 nitrogen and oxygen atoms in total. The van der Waals surface area contributed by atoms with Crippen molar-refractivity contribution in [3.8, 4) is 0 Å². The molecule has 120 valence electrons. The fraction of sp³-hybridized carbons (Fsp3) is 0.824. The Morgan fingerprint density at radius 2 is 1.86 bits per heavy atom. The highest BCUT2D eigenvalue weighted by atomic mass is 15.3. The number of hydrogen-bond acceptors (Lipinski definition) is 3. The molecule has 0 bridgehead atoms. The number of aromatic nitrogens is 2. The highest BCUT2D eigenvalue weighted by Gasteiger charge is 2.40. The fourth-order valence-corrected chi connectivity index (χ4v) is 3.81. The number of likely N-dealkylation sites (tertiary alicyclic amines) is 1. The largest absolute Gasteiger partial charge is 0.326 e. The zero-order valence-corrected chi connectivity index (χ0v) is 14.2. The maximum absolute atomic E-state index is 6.68. The van der Waals surface area contributed by atoms with Gasteiger partial charge in [-0.25, -0.2) is 0 Å². The summed E-state index contributed by atoms with van der Waals surface area (Å²) in [5.74, 6) is 0. The van der Waals surface area contributed by atoms with E-state index >= 15 is 0 Å². The van der Waals surface area contributed by atoms with E-state index in [1.165, 1.54) is 25.9 Å². The molecule has 0 saturated carbocycles. The average molecular weight is 292 g/mol. The van der Waals surface area contributed by atoms with E-state index in [0.717, 1.165) is 25.0 Å². The second-order valence-corrected chi connectivity index (χ2v) is 6.70. The molecule has 2 heterocycles. The number of nitrogens with zero attached hydrogens (tertiary/aromatic N) is 3. The summed E-state index contributed by atoms with van der Waals surface area (Å²) in [6, 6.07) is 2.69. The smallest absolute Gasteiger partial charge is 0.0640 e. The maximum atomic E-state index is 6.68. The van der Waals surface area contributed by atoms with Gasteiger partial charge < -0.3 is 5.73 Å². The molecule has 0 radical (unpaired) electrons. The van der Waals surface area contributed by atoms with Crippen LogP contribution in [0.1, 0.15) is 65.1 Å². The van der Waals surface area contributed by atoms with Gasteiger partial charge in [-0.05, 0) is 58.7 Å². The SMILES string of the molecule is CCC(CC)(C(N)Cc1ccn(C(C)C)n1)N1CCCC1. The van der Waals surface area contributed by atoms with Crippen LogP contribution in [-0.2, 0) is 6.42 Å². The van der Waals surface area contributed by atoms with Gasteiger partial charge in [-0.3, -0.25) is 9.58 Å². The summed E-state index contributed by atoms with van der Waals surface area (Å²) in [4.78, 5) is 2.64. The van der Waals surface area contributed by atoms with Crippen LogP contribution in [0.5, 0.6) is 0 Å². The van der Waals surface area contributed by atoms with Crippen molar-refractivity contribution in [2.24, 2.45) is 5.73 Å². The number of nitrogens with two attached hydrogens (primary N) is 1. The van der Waals surface area contributed by atoms with Crippen LogP contribution < -0.4 is 5.73 Å². The molecule has 1 saturated heterocycles. The topological polar surface area (TPSA) is 47.1 Å². The standard InChI is InChI=1S/C17H32N4/c1-5-17(6-2,20-10-7-8-11-20)16(18)13-15-9-12-21(19-15)14(3)4/h9,12,14,16H,5-8,10-11,13,18H2,1-4H3. The third kappa shape index (κ3) is 3.32. The van der Waals surface area contributed by atoms with Crippen molar-refractivity contribution < 1.29 is 0 Å². The van der Waals surface area contributed by atoms with Gasteiger partial charge in [0.05, 0.1) is 5.69 Å². The molecule has 1 aromatic heterocycles. The third-order valence-corrected chi connectivity index (χ3v) is 5.27. The summed E-state index contributed by atoms with van der Waals surface area (Å²) < 4.78 is 2.03. The molecule has 0 amide bonds. The van der Waals surface area contributed by atoms with Crippen molar-refractivity contribution in [2.75, 3.05) is 13.1 Å². The molecule has 0 aliphatic carbocycles. The predicted molar refractivity (Wildman–Crippen MR) is 88.4 cm³/mol. The molecule has 2 rings (SSSR count). The van der Waals surface area contributed by atoms with Gasteiger partial charge >= 0.3 is 0 Å². The van der Waals surface area contributed by atoms with Crippen LogP contribution in [0, 0.1) is 0 Å². The molecule has 1 aliphatic heterocycles. The van der Waals surface area contributed by atoms with Crippen molar-refractivity contribution >= 4 is 0 Å². The zero-order chi connectivity index (χ0) is 15.5. The average Bonchev–Trinajstić information content (AvgIpc) is 3.12. The maximum Gasteiger partial charge on any atom is 0.0640 e. The van der Waals surface area contributed by atoms with Gasteiger partial charge in [-0.2, -0.15) is 5.10 Å². The minimum absolute atomic E-state index is 0.137. The minimum atomic E-state index is 0.137. The Kier molecular flexibility index (Phi) is 5.44. The Labute approximate surface area is 129 Å². The molecule has 0 spiro atoms. The first kappa shape index (κ1) is 16.5. The molecule has 2 N–H and O–H groups in total. The Bertz CT molecular complexity index is 428. The van der Waals surface area contributed by atoms with E-state index < -0.39 is 0 Å². The van der Waals surface area contributed by atoms with Crippen LogP contribution in [0.3, 0.4) is 0 Å². The highest BCUT2D eigenvalue weighted by molar-refractivity contribution is 5.08. The summed E-state index contributed by atoms with van der Waals surface area (Å²) in [6.07, 6.45) is 7.82. The Morgan fingerprint density at radius 3 is 2.33 bits per heavy atom. The number of rotatable bonds is 7. The Morgan fingerprint density at radius 1 is 1.24 bits per heavy atom. The van der Waals surface area contributed by atoms with Crippen molar-refractivity contribution in [3.05, 3.63) is 18.0 Å². The van der Waals surface area contributed by atoms with Crippen molar-refractivity contribution in [3.63, 3.8) is 0 Å². The highest BCUT2D eigenvalue weighted by Crippen LogP contribution is 2.32. The van der Waals surface area contributed by atoms with E-state index in [1.54, 1.807) is 0 Å². The molecule has 1 fully saturated rings. The van der Waals surface area contributed by atoms with Gasteiger partial charge in [0.15, 0.2) is 0 Å². The third-order valence-electron chi connectivity index (χ3n) is 5.27. The second-order valence-electron chi connectivity index (χ2n) is 6.70. The van der Waals surface area contributed by atoms with Crippen molar-refractivity contribution in [2.45, 2.75) is 77.4 Å². The molecule has 21 heavy (non-hydrogen) atoms. The van der Waals surface area contributed by atoms with E-state index in [0.29, 0.717) is 6.04 Å². The van der Waals surface area contributed by atoms with E-state index in [1.807, 2.05) is 4.68 Å². The van der Waals surface area contributed by atoms with E-state index in [9.17, 15) is 0 Å². The van der Waals surface area contributed by atoms with Crippen LogP contribution in [0.15, 0.2) is 12.3 Å². The lowest BCUT2D eigenvalue weighted by atomic mass is 9.81. The zero-order valence-electron chi connectivity index (χ0n) is 14.2. The van der Waals surface area contributed by atoms with Crippen LogP contribution in [-0.4, -0.2) is 39.4 Å². The van der Waals surface area contributed by atoms with E-state index in [4.69, 9.17) is 5.73 Å². The van der Waals surface area contributed by atoms with Crippen molar-refractivity contribution in [1.29, 1.82) is 0 Å². The molecule has 1 unspecified atom stereocenters. The quantitative estimate of drug-likeness (QED) is 0.840. The fourth-order valence-electron chi connectivity index (χ4n) is 3.81. The molecule has 1 atom stereocenters. The van der Waals surface area contributed by atoms with Gasteiger partial charge in [-0.1, -0.05) is 13.8 Å². The van der Waals surface area contributed by atoms with Gasteiger partial charge in [0, 0.05) is 30.2 Å². The molecule has 1 aliphatic rings. The molecular weight excluding hydrogens is 260 g/mol. The normalized spacial score (nSPS) is 18.6. The van der Waals surface area contributed by atoms with Gasteiger partial charge in [-0.15, -0.1) is 0 Å².